The maximum Gasteiger partial charge on any atom is 0.279 e. The molecule has 0 amide bonds. The second-order valence-corrected chi connectivity index (χ2v) is 6.21. The van der Waals surface area contributed by atoms with Crippen LogP contribution in [0.4, 0.5) is 5.69 Å². The van der Waals surface area contributed by atoms with Crippen LogP contribution in [0.1, 0.15) is 31.1 Å². The SMILES string of the molecule is CC(C)(C)Sc1ccc([N+](=O)[O-])c(C=O)c1. The molecule has 5 heteroatoms. The third-order valence-electron chi connectivity index (χ3n) is 1.75. The summed E-state index contributed by atoms with van der Waals surface area (Å²) in [6.45, 7) is 6.12. The smallest absolute Gasteiger partial charge is 0.279 e. The fourth-order valence-electron chi connectivity index (χ4n) is 1.21. The van der Waals surface area contributed by atoms with E-state index < -0.39 is 4.92 Å². The van der Waals surface area contributed by atoms with Crippen molar-refractivity contribution in [3.63, 3.8) is 0 Å². The quantitative estimate of drug-likeness (QED) is 0.351. The van der Waals surface area contributed by atoms with Gasteiger partial charge in [-0.05, 0) is 12.1 Å². The van der Waals surface area contributed by atoms with Gasteiger partial charge in [-0.15, -0.1) is 11.8 Å². The summed E-state index contributed by atoms with van der Waals surface area (Å²) in [7, 11) is 0. The highest BCUT2D eigenvalue weighted by atomic mass is 32.2. The van der Waals surface area contributed by atoms with E-state index >= 15 is 0 Å². The summed E-state index contributed by atoms with van der Waals surface area (Å²) in [4.78, 5) is 21.7. The second kappa shape index (κ2) is 4.65. The molecule has 0 saturated carbocycles. The standard InChI is InChI=1S/C11H13NO3S/c1-11(2,3)16-9-4-5-10(12(14)15)8(6-9)7-13/h4-7H,1-3H3. The molecule has 0 aromatic heterocycles. The van der Waals surface area contributed by atoms with E-state index in [-0.39, 0.29) is 16.0 Å². The van der Waals surface area contributed by atoms with Crippen LogP contribution in [0.15, 0.2) is 23.1 Å². The van der Waals surface area contributed by atoms with Crippen molar-refractivity contribution in [2.45, 2.75) is 30.4 Å². The summed E-state index contributed by atoms with van der Waals surface area (Å²) in [5.74, 6) is 0. The van der Waals surface area contributed by atoms with E-state index in [1.807, 2.05) is 20.8 Å². The second-order valence-electron chi connectivity index (χ2n) is 4.31. The molecule has 0 heterocycles. The molecule has 0 bridgehead atoms. The Balaban J connectivity index is 3.09. The van der Waals surface area contributed by atoms with Crippen molar-refractivity contribution in [1.29, 1.82) is 0 Å². The van der Waals surface area contributed by atoms with Crippen molar-refractivity contribution in [2.24, 2.45) is 0 Å². The maximum absolute atomic E-state index is 10.7. The van der Waals surface area contributed by atoms with Crippen molar-refractivity contribution >= 4 is 23.7 Å². The molecule has 0 N–H and O–H groups in total. The van der Waals surface area contributed by atoms with E-state index in [0.29, 0.717) is 6.29 Å². The number of aldehydes is 1. The highest BCUT2D eigenvalue weighted by Gasteiger charge is 2.17. The molecule has 0 radical (unpaired) electrons. The molecule has 0 unspecified atom stereocenters. The molecule has 1 aromatic rings. The molecule has 0 spiro atoms. The Morgan fingerprint density at radius 2 is 2.00 bits per heavy atom. The van der Waals surface area contributed by atoms with Crippen molar-refractivity contribution in [3.8, 4) is 0 Å². The van der Waals surface area contributed by atoms with E-state index in [9.17, 15) is 14.9 Å². The average molecular weight is 239 g/mol. The van der Waals surface area contributed by atoms with Crippen LogP contribution in [0.5, 0.6) is 0 Å². The minimum Gasteiger partial charge on any atom is -0.298 e. The van der Waals surface area contributed by atoms with Crippen molar-refractivity contribution in [3.05, 3.63) is 33.9 Å². The number of hydrogen-bond donors (Lipinski definition) is 0. The van der Waals surface area contributed by atoms with Gasteiger partial charge in [0.2, 0.25) is 0 Å². The van der Waals surface area contributed by atoms with Crippen molar-refractivity contribution in [1.82, 2.24) is 0 Å². The Bertz CT molecular complexity index is 424. The molecule has 0 saturated heterocycles. The summed E-state index contributed by atoms with van der Waals surface area (Å²) >= 11 is 1.57. The highest BCUT2D eigenvalue weighted by molar-refractivity contribution is 8.00. The Morgan fingerprint density at radius 1 is 1.38 bits per heavy atom. The number of carbonyl (C=O) groups is 1. The molecule has 16 heavy (non-hydrogen) atoms. The number of nitrogens with zero attached hydrogens (tertiary/aromatic N) is 1. The van der Waals surface area contributed by atoms with Gasteiger partial charge in [0.15, 0.2) is 6.29 Å². The number of benzene rings is 1. The monoisotopic (exact) mass is 239 g/mol. The molecule has 0 aliphatic carbocycles. The zero-order chi connectivity index (χ0) is 12.3. The Labute approximate surface area is 98.2 Å². The Hall–Kier alpha value is -1.36. The summed E-state index contributed by atoms with van der Waals surface area (Å²) in [5, 5.41) is 10.6. The first-order valence-corrected chi connectivity index (χ1v) is 5.58. The Morgan fingerprint density at radius 3 is 2.44 bits per heavy atom. The summed E-state index contributed by atoms with van der Waals surface area (Å²) in [6.07, 6.45) is 0.519. The minimum atomic E-state index is -0.546. The van der Waals surface area contributed by atoms with Crippen molar-refractivity contribution in [2.75, 3.05) is 0 Å². The van der Waals surface area contributed by atoms with Gasteiger partial charge in [0.1, 0.15) is 0 Å². The van der Waals surface area contributed by atoms with E-state index in [1.54, 1.807) is 23.9 Å². The van der Waals surface area contributed by atoms with Gasteiger partial charge in [0.25, 0.3) is 5.69 Å². The first-order chi connectivity index (χ1) is 7.33. The van der Waals surface area contributed by atoms with Crippen LogP contribution in [0, 0.1) is 10.1 Å². The lowest BCUT2D eigenvalue weighted by atomic mass is 10.2. The lowest BCUT2D eigenvalue weighted by Crippen LogP contribution is -2.06. The van der Waals surface area contributed by atoms with Crippen LogP contribution >= 0.6 is 11.8 Å². The number of rotatable bonds is 3. The largest absolute Gasteiger partial charge is 0.298 e. The predicted molar refractivity (Wildman–Crippen MR) is 64.1 cm³/mol. The van der Waals surface area contributed by atoms with Crippen LogP contribution in [0.25, 0.3) is 0 Å². The van der Waals surface area contributed by atoms with Gasteiger partial charge >= 0.3 is 0 Å². The van der Waals surface area contributed by atoms with Gasteiger partial charge in [-0.25, -0.2) is 0 Å². The van der Waals surface area contributed by atoms with Crippen molar-refractivity contribution < 1.29 is 9.72 Å². The zero-order valence-corrected chi connectivity index (χ0v) is 10.2. The maximum atomic E-state index is 10.7. The third kappa shape index (κ3) is 3.34. The van der Waals surface area contributed by atoms with Crippen LogP contribution in [0.2, 0.25) is 0 Å². The van der Waals surface area contributed by atoms with Gasteiger partial charge < -0.3 is 0 Å². The molecular weight excluding hydrogens is 226 g/mol. The first kappa shape index (κ1) is 12.7. The summed E-state index contributed by atoms with van der Waals surface area (Å²) in [5.41, 5.74) is -0.0208. The fraction of sp³-hybridized carbons (Fsp3) is 0.364. The molecule has 0 fully saturated rings. The van der Waals surface area contributed by atoms with E-state index in [0.717, 1.165) is 4.90 Å². The molecule has 4 nitrogen and oxygen atoms in total. The first-order valence-electron chi connectivity index (χ1n) is 4.76. The third-order valence-corrected chi connectivity index (χ3v) is 2.85. The van der Waals surface area contributed by atoms with Crippen LogP contribution in [-0.2, 0) is 0 Å². The molecule has 0 aliphatic rings. The number of thioether (sulfide) groups is 1. The van der Waals surface area contributed by atoms with Gasteiger partial charge in [0, 0.05) is 15.7 Å². The van der Waals surface area contributed by atoms with Gasteiger partial charge in [-0.2, -0.15) is 0 Å². The minimum absolute atomic E-state index is 0.0102. The lowest BCUT2D eigenvalue weighted by molar-refractivity contribution is -0.385. The normalized spacial score (nSPS) is 11.2. The highest BCUT2D eigenvalue weighted by Crippen LogP contribution is 2.33. The molecular formula is C11H13NO3S. The van der Waals surface area contributed by atoms with Crippen LogP contribution in [0.3, 0.4) is 0 Å². The number of hydrogen-bond acceptors (Lipinski definition) is 4. The van der Waals surface area contributed by atoms with Crippen LogP contribution < -0.4 is 0 Å². The molecule has 1 rings (SSSR count). The summed E-state index contributed by atoms with van der Waals surface area (Å²) in [6, 6.07) is 4.60. The van der Waals surface area contributed by atoms with Crippen LogP contribution in [-0.4, -0.2) is 16.0 Å². The van der Waals surface area contributed by atoms with E-state index in [4.69, 9.17) is 0 Å². The van der Waals surface area contributed by atoms with Gasteiger partial charge in [-0.1, -0.05) is 20.8 Å². The number of nitro groups is 1. The van der Waals surface area contributed by atoms with E-state index in [1.165, 1.54) is 6.07 Å². The number of nitro benzene ring substituents is 1. The number of carbonyl (C=O) groups excluding carboxylic acids is 1. The molecule has 0 aliphatic heterocycles. The molecule has 0 atom stereocenters. The Kier molecular flexibility index (Phi) is 3.70. The molecule has 1 aromatic carbocycles. The molecule has 86 valence electrons. The topological polar surface area (TPSA) is 60.2 Å². The average Bonchev–Trinajstić information content (AvgIpc) is 2.14. The fourth-order valence-corrected chi connectivity index (χ4v) is 2.24. The summed E-state index contributed by atoms with van der Waals surface area (Å²) < 4.78 is 0.0102. The zero-order valence-electron chi connectivity index (χ0n) is 9.39. The predicted octanol–water partition coefficient (Wildman–Crippen LogP) is 3.30. The van der Waals surface area contributed by atoms with Gasteiger partial charge in [0.05, 0.1) is 10.5 Å². The lowest BCUT2D eigenvalue weighted by Gasteiger charge is -2.17. The van der Waals surface area contributed by atoms with E-state index in [2.05, 4.69) is 0 Å². The van der Waals surface area contributed by atoms with Gasteiger partial charge in [-0.3, -0.25) is 14.9 Å².